The highest BCUT2D eigenvalue weighted by atomic mass is 19.4. The van der Waals surface area contributed by atoms with Crippen molar-refractivity contribution in [2.75, 3.05) is 6.61 Å². The number of alkyl halides is 3. The van der Waals surface area contributed by atoms with Gasteiger partial charge in [-0.2, -0.15) is 13.2 Å². The van der Waals surface area contributed by atoms with Crippen molar-refractivity contribution < 1.29 is 28.1 Å². The van der Waals surface area contributed by atoms with Crippen molar-refractivity contribution in [3.05, 3.63) is 89.5 Å². The summed E-state index contributed by atoms with van der Waals surface area (Å²) in [5.41, 5.74) is 0.790. The number of halogens is 3. The van der Waals surface area contributed by atoms with Crippen LogP contribution in [0.15, 0.2) is 66.9 Å². The third-order valence-corrected chi connectivity index (χ3v) is 6.44. The van der Waals surface area contributed by atoms with E-state index in [4.69, 9.17) is 4.74 Å². The van der Waals surface area contributed by atoms with Crippen LogP contribution < -0.4 is 10.1 Å². The average Bonchev–Trinajstić information content (AvgIpc) is 3.15. The molecule has 4 rings (SSSR count). The highest BCUT2D eigenvalue weighted by molar-refractivity contribution is 5.25. The van der Waals surface area contributed by atoms with Crippen LogP contribution in [0.5, 0.6) is 5.75 Å². The molecular formula is C26H28F3N3O3. The first-order valence-electron chi connectivity index (χ1n) is 11.5. The molecule has 0 saturated heterocycles. The number of nitrogens with zero attached hydrogens (tertiary/aromatic N) is 2. The topological polar surface area (TPSA) is 87.5 Å². The Labute approximate surface area is 201 Å². The van der Waals surface area contributed by atoms with E-state index in [2.05, 4.69) is 15.3 Å². The summed E-state index contributed by atoms with van der Waals surface area (Å²) in [7, 11) is 0. The largest absolute Gasteiger partial charge is 0.486 e. The lowest BCUT2D eigenvalue weighted by atomic mass is 9.88. The van der Waals surface area contributed by atoms with Crippen LogP contribution in [-0.2, 0) is 25.7 Å². The molecule has 186 valence electrons. The van der Waals surface area contributed by atoms with Gasteiger partial charge < -0.3 is 20.3 Å². The van der Waals surface area contributed by atoms with Gasteiger partial charge in [-0.05, 0) is 54.7 Å². The standard InChI is InChI=1S/C26H28F3N3O3/c27-26(28,29)18-8-6-17(7-9-18)14-31-23-13-24(34)22(15-33)21(23)12-19-10-11-30-25(32-19)16-35-20-4-2-1-3-5-20/h1-11,21-24,31,33-34H,12-16H2. The van der Waals surface area contributed by atoms with Gasteiger partial charge in [0.1, 0.15) is 12.4 Å². The van der Waals surface area contributed by atoms with Gasteiger partial charge in [0.05, 0.1) is 11.7 Å². The van der Waals surface area contributed by atoms with Gasteiger partial charge in [0.25, 0.3) is 0 Å². The molecule has 4 atom stereocenters. The molecule has 6 nitrogen and oxygen atoms in total. The molecule has 1 fully saturated rings. The molecule has 0 aliphatic heterocycles. The van der Waals surface area contributed by atoms with Gasteiger partial charge in [0.15, 0.2) is 5.82 Å². The summed E-state index contributed by atoms with van der Waals surface area (Å²) in [6.45, 7) is 0.396. The summed E-state index contributed by atoms with van der Waals surface area (Å²) in [6, 6.07) is 16.1. The molecule has 35 heavy (non-hydrogen) atoms. The molecule has 1 aromatic heterocycles. The normalized spacial score (nSPS) is 22.3. The average molecular weight is 488 g/mol. The molecule has 0 radical (unpaired) electrons. The molecule has 2 aromatic carbocycles. The molecule has 3 aromatic rings. The van der Waals surface area contributed by atoms with Crippen molar-refractivity contribution in [3.8, 4) is 5.75 Å². The number of nitrogens with one attached hydrogen (secondary N) is 1. The van der Waals surface area contributed by atoms with Crippen LogP contribution in [0.3, 0.4) is 0 Å². The summed E-state index contributed by atoms with van der Waals surface area (Å²) in [4.78, 5) is 8.87. The van der Waals surface area contributed by atoms with Gasteiger partial charge >= 0.3 is 6.18 Å². The lowest BCUT2D eigenvalue weighted by Crippen LogP contribution is -2.36. The summed E-state index contributed by atoms with van der Waals surface area (Å²) in [6.07, 6.45) is -2.45. The Hall–Kier alpha value is -3.01. The Morgan fingerprint density at radius 1 is 1.00 bits per heavy atom. The second-order valence-corrected chi connectivity index (χ2v) is 8.77. The molecule has 3 N–H and O–H groups in total. The van der Waals surface area contributed by atoms with Crippen molar-refractivity contribution in [2.24, 2.45) is 11.8 Å². The maximum absolute atomic E-state index is 12.8. The fraction of sp³-hybridized carbons (Fsp3) is 0.385. The fourth-order valence-electron chi connectivity index (χ4n) is 4.57. The zero-order chi connectivity index (χ0) is 24.8. The first-order valence-corrected chi connectivity index (χ1v) is 11.5. The lowest BCUT2D eigenvalue weighted by molar-refractivity contribution is -0.137. The van der Waals surface area contributed by atoms with Gasteiger partial charge in [-0.3, -0.25) is 0 Å². The molecule has 1 aliphatic carbocycles. The first kappa shape index (κ1) is 25.1. The van der Waals surface area contributed by atoms with E-state index in [1.54, 1.807) is 12.3 Å². The van der Waals surface area contributed by atoms with E-state index in [0.29, 0.717) is 36.5 Å². The smallest absolute Gasteiger partial charge is 0.416 e. The number of aliphatic hydroxyl groups excluding tert-OH is 2. The molecule has 1 heterocycles. The first-order chi connectivity index (χ1) is 16.8. The van der Waals surface area contributed by atoms with Gasteiger partial charge in [0, 0.05) is 37.0 Å². The fourth-order valence-corrected chi connectivity index (χ4v) is 4.57. The molecule has 0 bridgehead atoms. The summed E-state index contributed by atoms with van der Waals surface area (Å²) in [5.74, 6) is 0.800. The number of hydrogen-bond donors (Lipinski definition) is 3. The van der Waals surface area contributed by atoms with Crippen LogP contribution in [0.25, 0.3) is 0 Å². The lowest BCUT2D eigenvalue weighted by Gasteiger charge is -2.25. The minimum Gasteiger partial charge on any atom is -0.486 e. The number of aliphatic hydroxyl groups is 2. The summed E-state index contributed by atoms with van der Waals surface area (Å²) >= 11 is 0. The third-order valence-electron chi connectivity index (χ3n) is 6.44. The molecule has 1 saturated carbocycles. The number of benzene rings is 2. The van der Waals surface area contributed by atoms with E-state index in [1.807, 2.05) is 30.3 Å². The number of aromatic nitrogens is 2. The Balaban J connectivity index is 1.40. The van der Waals surface area contributed by atoms with Gasteiger partial charge in [-0.25, -0.2) is 9.97 Å². The number of rotatable bonds is 9. The van der Waals surface area contributed by atoms with Crippen LogP contribution in [0.2, 0.25) is 0 Å². The van der Waals surface area contributed by atoms with E-state index in [9.17, 15) is 23.4 Å². The Morgan fingerprint density at radius 2 is 1.74 bits per heavy atom. The molecule has 1 aliphatic rings. The Kier molecular flexibility index (Phi) is 8.00. The third kappa shape index (κ3) is 6.56. The minimum atomic E-state index is -4.37. The van der Waals surface area contributed by atoms with Crippen LogP contribution in [0.1, 0.15) is 29.1 Å². The maximum atomic E-state index is 12.8. The van der Waals surface area contributed by atoms with E-state index < -0.39 is 17.8 Å². The number of ether oxygens (including phenoxy) is 1. The molecular weight excluding hydrogens is 459 g/mol. The minimum absolute atomic E-state index is 0.109. The number of para-hydroxylation sites is 1. The van der Waals surface area contributed by atoms with E-state index >= 15 is 0 Å². The van der Waals surface area contributed by atoms with Gasteiger partial charge in [0.2, 0.25) is 0 Å². The van der Waals surface area contributed by atoms with Gasteiger partial charge in [-0.15, -0.1) is 0 Å². The van der Waals surface area contributed by atoms with Crippen molar-refractivity contribution in [3.63, 3.8) is 0 Å². The van der Waals surface area contributed by atoms with Crippen LogP contribution in [-0.4, -0.2) is 38.9 Å². The second kappa shape index (κ2) is 11.2. The van der Waals surface area contributed by atoms with E-state index in [1.165, 1.54) is 12.1 Å². The van der Waals surface area contributed by atoms with Crippen LogP contribution >= 0.6 is 0 Å². The predicted molar refractivity (Wildman–Crippen MR) is 123 cm³/mol. The van der Waals surface area contributed by atoms with Crippen molar-refractivity contribution in [1.29, 1.82) is 0 Å². The molecule has 9 heteroatoms. The molecule has 4 unspecified atom stereocenters. The quantitative estimate of drug-likeness (QED) is 0.426. The van der Waals surface area contributed by atoms with Gasteiger partial charge in [-0.1, -0.05) is 30.3 Å². The zero-order valence-electron chi connectivity index (χ0n) is 19.0. The Morgan fingerprint density at radius 3 is 2.43 bits per heavy atom. The van der Waals surface area contributed by atoms with E-state index in [-0.39, 0.29) is 31.1 Å². The summed E-state index contributed by atoms with van der Waals surface area (Å²) < 4.78 is 44.2. The second-order valence-electron chi connectivity index (χ2n) is 8.77. The highest BCUT2D eigenvalue weighted by Crippen LogP contribution is 2.35. The SMILES string of the molecule is OCC1C(O)CC(NCc2ccc(C(F)(F)F)cc2)C1Cc1ccnc(COc2ccccc2)n1. The van der Waals surface area contributed by atoms with Crippen molar-refractivity contribution >= 4 is 0 Å². The van der Waals surface area contributed by atoms with Crippen molar-refractivity contribution in [1.82, 2.24) is 15.3 Å². The van der Waals surface area contributed by atoms with E-state index in [0.717, 1.165) is 17.8 Å². The predicted octanol–water partition coefficient (Wildman–Crippen LogP) is 3.76. The maximum Gasteiger partial charge on any atom is 0.416 e. The Bertz CT molecular complexity index is 1080. The molecule has 0 spiro atoms. The zero-order valence-corrected chi connectivity index (χ0v) is 19.0. The van der Waals surface area contributed by atoms with Crippen molar-refractivity contribution in [2.45, 2.75) is 44.3 Å². The van der Waals surface area contributed by atoms with Crippen LogP contribution in [0.4, 0.5) is 13.2 Å². The molecule has 0 amide bonds. The highest BCUT2D eigenvalue weighted by Gasteiger charge is 2.42. The van der Waals surface area contributed by atoms with Crippen LogP contribution in [0, 0.1) is 11.8 Å². The monoisotopic (exact) mass is 487 g/mol. The summed E-state index contributed by atoms with van der Waals surface area (Å²) in [5, 5.41) is 23.8. The number of hydrogen-bond acceptors (Lipinski definition) is 6.